The van der Waals surface area contributed by atoms with Crippen molar-refractivity contribution < 1.29 is 9.90 Å². The van der Waals surface area contributed by atoms with E-state index in [0.717, 1.165) is 0 Å². The van der Waals surface area contributed by atoms with Gasteiger partial charge in [-0.05, 0) is 18.9 Å². The molecule has 0 heterocycles. The molecule has 0 aromatic heterocycles. The van der Waals surface area contributed by atoms with Crippen molar-refractivity contribution in [3.63, 3.8) is 0 Å². The Morgan fingerprint density at radius 2 is 2.30 bits per heavy atom. The first-order valence-corrected chi connectivity index (χ1v) is 3.33. The number of hydrogen-bond donors (Lipinski definition) is 2. The van der Waals surface area contributed by atoms with E-state index in [1.807, 2.05) is 0 Å². The Kier molecular flexibility index (Phi) is 2.06. The fourth-order valence-electron chi connectivity index (χ4n) is 0.966. The summed E-state index contributed by atoms with van der Waals surface area (Å²) in [5, 5.41) is 11.5. The monoisotopic (exact) mass is 141 g/mol. The van der Waals surface area contributed by atoms with E-state index in [0.29, 0.717) is 12.8 Å². The second-order valence-corrected chi connectivity index (χ2v) is 2.53. The molecule has 1 rings (SSSR count). The predicted molar refractivity (Wildman–Crippen MR) is 37.4 cm³/mol. The fourth-order valence-corrected chi connectivity index (χ4v) is 0.966. The summed E-state index contributed by atoms with van der Waals surface area (Å²) in [5.74, 6) is -0.156. The lowest BCUT2D eigenvalue weighted by atomic mass is 9.89. The Bertz CT molecular complexity index is 150. The highest BCUT2D eigenvalue weighted by atomic mass is 16.3. The van der Waals surface area contributed by atoms with E-state index in [1.54, 1.807) is 0 Å². The van der Waals surface area contributed by atoms with Gasteiger partial charge in [0.2, 0.25) is 5.91 Å². The van der Waals surface area contributed by atoms with Crippen molar-refractivity contribution in [1.82, 2.24) is 5.32 Å². The van der Waals surface area contributed by atoms with Gasteiger partial charge in [0.15, 0.2) is 0 Å². The normalized spacial score (nSPS) is 30.5. The molecule has 1 amide bonds. The molecule has 0 spiro atoms. The van der Waals surface area contributed by atoms with Crippen LogP contribution in [0.15, 0.2) is 12.7 Å². The molecule has 2 N–H and O–H groups in total. The summed E-state index contributed by atoms with van der Waals surface area (Å²) >= 11 is 0. The molecular weight excluding hydrogens is 130 g/mol. The average molecular weight is 141 g/mol. The van der Waals surface area contributed by atoms with Crippen LogP contribution in [0.25, 0.3) is 0 Å². The fraction of sp³-hybridized carbons (Fsp3) is 0.571. The van der Waals surface area contributed by atoms with Crippen LogP contribution >= 0.6 is 0 Å². The molecule has 1 aliphatic rings. The van der Waals surface area contributed by atoms with Crippen molar-refractivity contribution in [1.29, 1.82) is 0 Å². The van der Waals surface area contributed by atoms with Gasteiger partial charge in [0.1, 0.15) is 0 Å². The summed E-state index contributed by atoms with van der Waals surface area (Å²) in [6.45, 7) is 3.32. The smallest absolute Gasteiger partial charge is 0.243 e. The number of aliphatic hydroxyl groups is 1. The second-order valence-electron chi connectivity index (χ2n) is 2.53. The summed E-state index contributed by atoms with van der Waals surface area (Å²) in [6, 6.07) is 0.167. The summed E-state index contributed by atoms with van der Waals surface area (Å²) in [7, 11) is 0. The third kappa shape index (κ3) is 1.57. The number of aliphatic hydroxyl groups excluding tert-OH is 1. The molecule has 1 aliphatic carbocycles. The molecule has 3 heteroatoms. The van der Waals surface area contributed by atoms with Crippen molar-refractivity contribution in [2.45, 2.75) is 25.0 Å². The lowest BCUT2D eigenvalue weighted by Crippen LogP contribution is -2.46. The molecule has 1 saturated carbocycles. The van der Waals surface area contributed by atoms with Crippen LogP contribution in [0, 0.1) is 0 Å². The SMILES string of the molecule is C=CC(=O)NC1CC(O)C1. The minimum absolute atomic E-state index is 0.156. The maximum absolute atomic E-state index is 10.6. The van der Waals surface area contributed by atoms with Gasteiger partial charge in [-0.25, -0.2) is 0 Å². The molecular formula is C7H11NO2. The largest absolute Gasteiger partial charge is 0.393 e. The van der Waals surface area contributed by atoms with Gasteiger partial charge in [-0.2, -0.15) is 0 Å². The highest BCUT2D eigenvalue weighted by Gasteiger charge is 2.27. The number of rotatable bonds is 2. The van der Waals surface area contributed by atoms with Crippen LogP contribution in [0.2, 0.25) is 0 Å². The zero-order valence-corrected chi connectivity index (χ0v) is 5.71. The van der Waals surface area contributed by atoms with Gasteiger partial charge in [-0.1, -0.05) is 6.58 Å². The first-order chi connectivity index (χ1) is 4.72. The summed E-state index contributed by atoms with van der Waals surface area (Å²) < 4.78 is 0. The Morgan fingerprint density at radius 3 is 2.70 bits per heavy atom. The topological polar surface area (TPSA) is 49.3 Å². The van der Waals surface area contributed by atoms with E-state index in [2.05, 4.69) is 11.9 Å². The standard InChI is InChI=1S/C7H11NO2/c1-2-7(10)8-5-3-6(9)4-5/h2,5-6,9H,1,3-4H2,(H,8,10). The number of nitrogens with one attached hydrogen (secondary N) is 1. The Balaban J connectivity index is 2.16. The molecule has 0 aromatic carbocycles. The molecule has 0 bridgehead atoms. The van der Waals surface area contributed by atoms with Gasteiger partial charge < -0.3 is 10.4 Å². The Labute approximate surface area is 59.7 Å². The number of amides is 1. The minimum atomic E-state index is -0.213. The van der Waals surface area contributed by atoms with Crippen LogP contribution in [-0.4, -0.2) is 23.2 Å². The summed E-state index contributed by atoms with van der Waals surface area (Å²) in [6.07, 6.45) is 2.39. The summed E-state index contributed by atoms with van der Waals surface area (Å²) in [4.78, 5) is 10.6. The quantitative estimate of drug-likeness (QED) is 0.524. The van der Waals surface area contributed by atoms with Gasteiger partial charge in [0.05, 0.1) is 6.10 Å². The molecule has 10 heavy (non-hydrogen) atoms. The van der Waals surface area contributed by atoms with E-state index in [4.69, 9.17) is 5.11 Å². The molecule has 56 valence electrons. The summed E-state index contributed by atoms with van der Waals surface area (Å²) in [5.41, 5.74) is 0. The van der Waals surface area contributed by atoms with Crippen molar-refractivity contribution in [2.75, 3.05) is 0 Å². The molecule has 0 radical (unpaired) electrons. The molecule has 0 aromatic rings. The Hall–Kier alpha value is -0.830. The number of carbonyl (C=O) groups is 1. The number of hydrogen-bond acceptors (Lipinski definition) is 2. The molecule has 0 atom stereocenters. The van der Waals surface area contributed by atoms with Crippen molar-refractivity contribution >= 4 is 5.91 Å². The van der Waals surface area contributed by atoms with Crippen molar-refractivity contribution in [3.8, 4) is 0 Å². The first kappa shape index (κ1) is 7.28. The van der Waals surface area contributed by atoms with E-state index in [9.17, 15) is 4.79 Å². The van der Waals surface area contributed by atoms with Gasteiger partial charge in [-0.15, -0.1) is 0 Å². The lowest BCUT2D eigenvalue weighted by Gasteiger charge is -2.31. The van der Waals surface area contributed by atoms with E-state index >= 15 is 0 Å². The molecule has 0 aliphatic heterocycles. The van der Waals surface area contributed by atoms with Crippen LogP contribution in [-0.2, 0) is 4.79 Å². The minimum Gasteiger partial charge on any atom is -0.393 e. The van der Waals surface area contributed by atoms with Crippen LogP contribution in [0.4, 0.5) is 0 Å². The van der Waals surface area contributed by atoms with Gasteiger partial charge >= 0.3 is 0 Å². The number of carbonyl (C=O) groups excluding carboxylic acids is 1. The van der Waals surface area contributed by atoms with Gasteiger partial charge in [0, 0.05) is 6.04 Å². The van der Waals surface area contributed by atoms with Crippen LogP contribution in [0.3, 0.4) is 0 Å². The first-order valence-electron chi connectivity index (χ1n) is 3.33. The average Bonchev–Trinajstić information content (AvgIpc) is 1.84. The predicted octanol–water partition coefficient (Wildman–Crippen LogP) is -0.188. The maximum atomic E-state index is 10.6. The zero-order chi connectivity index (χ0) is 7.56. The highest BCUT2D eigenvalue weighted by molar-refractivity contribution is 5.87. The van der Waals surface area contributed by atoms with Crippen molar-refractivity contribution in [3.05, 3.63) is 12.7 Å². The van der Waals surface area contributed by atoms with E-state index in [-0.39, 0.29) is 18.1 Å². The zero-order valence-electron chi connectivity index (χ0n) is 5.71. The third-order valence-corrected chi connectivity index (χ3v) is 1.64. The Morgan fingerprint density at radius 1 is 1.70 bits per heavy atom. The lowest BCUT2D eigenvalue weighted by molar-refractivity contribution is -0.118. The van der Waals surface area contributed by atoms with Crippen molar-refractivity contribution in [2.24, 2.45) is 0 Å². The van der Waals surface area contributed by atoms with E-state index < -0.39 is 0 Å². The molecule has 0 unspecified atom stereocenters. The molecule has 1 fully saturated rings. The van der Waals surface area contributed by atoms with E-state index in [1.165, 1.54) is 6.08 Å². The van der Waals surface area contributed by atoms with Crippen LogP contribution in [0.1, 0.15) is 12.8 Å². The third-order valence-electron chi connectivity index (χ3n) is 1.64. The second kappa shape index (κ2) is 2.84. The van der Waals surface area contributed by atoms with Gasteiger partial charge in [0.25, 0.3) is 0 Å². The molecule has 3 nitrogen and oxygen atoms in total. The van der Waals surface area contributed by atoms with Gasteiger partial charge in [-0.3, -0.25) is 4.79 Å². The highest BCUT2D eigenvalue weighted by Crippen LogP contribution is 2.18. The maximum Gasteiger partial charge on any atom is 0.243 e. The van der Waals surface area contributed by atoms with Crippen LogP contribution in [0.5, 0.6) is 0 Å². The molecule has 0 saturated heterocycles. The van der Waals surface area contributed by atoms with Crippen LogP contribution < -0.4 is 5.32 Å².